The van der Waals surface area contributed by atoms with Crippen molar-refractivity contribution in [2.24, 2.45) is 0 Å². The first-order valence-corrected chi connectivity index (χ1v) is 13.9. The highest BCUT2D eigenvalue weighted by Gasteiger charge is 2.20. The first-order valence-electron chi connectivity index (χ1n) is 13.1. The second kappa shape index (κ2) is 13.5. The Balaban J connectivity index is 1.33. The van der Waals surface area contributed by atoms with E-state index in [2.05, 4.69) is 10.6 Å². The maximum Gasteiger partial charge on any atom is 0.257 e. The lowest BCUT2D eigenvalue weighted by atomic mass is 10.1. The molecule has 5 aromatic rings. The molecule has 0 saturated heterocycles. The Morgan fingerprint density at radius 1 is 0.429 bits per heavy atom. The van der Waals surface area contributed by atoms with Gasteiger partial charge in [0.1, 0.15) is 0 Å². The van der Waals surface area contributed by atoms with Gasteiger partial charge in [0.2, 0.25) is 0 Å². The van der Waals surface area contributed by atoms with E-state index in [1.54, 1.807) is 28.0 Å². The maximum absolute atomic E-state index is 13.3. The molecule has 0 aliphatic heterocycles. The number of benzene rings is 5. The number of para-hydroxylation sites is 4. The fourth-order valence-electron chi connectivity index (χ4n) is 4.33. The first kappa shape index (κ1) is 28.4. The van der Waals surface area contributed by atoms with Crippen LogP contribution < -0.4 is 20.4 Å². The van der Waals surface area contributed by atoms with Gasteiger partial charge in [0.25, 0.3) is 11.8 Å². The van der Waals surface area contributed by atoms with E-state index < -0.39 is 11.8 Å². The molecule has 0 heterocycles. The third kappa shape index (κ3) is 6.75. The third-order valence-corrected chi connectivity index (χ3v) is 6.86. The zero-order valence-corrected chi connectivity index (χ0v) is 24.0. The first-order chi connectivity index (χ1) is 20.5. The molecule has 0 bridgehead atoms. The molecular formula is C34H26N4O2S2. The zero-order valence-electron chi connectivity index (χ0n) is 22.4. The van der Waals surface area contributed by atoms with Crippen molar-refractivity contribution in [2.75, 3.05) is 9.80 Å². The summed E-state index contributed by atoms with van der Waals surface area (Å²) in [6.45, 7) is 0. The lowest BCUT2D eigenvalue weighted by molar-refractivity contribution is 0.0976. The van der Waals surface area contributed by atoms with Gasteiger partial charge in [-0.15, -0.1) is 0 Å². The Hall–Kier alpha value is -5.18. The van der Waals surface area contributed by atoms with Crippen LogP contribution >= 0.6 is 24.4 Å². The van der Waals surface area contributed by atoms with Gasteiger partial charge in [-0.1, -0.05) is 78.9 Å². The molecule has 42 heavy (non-hydrogen) atoms. The van der Waals surface area contributed by atoms with E-state index in [1.807, 2.05) is 121 Å². The smallest absolute Gasteiger partial charge is 0.257 e. The van der Waals surface area contributed by atoms with Crippen LogP contribution in [0.25, 0.3) is 0 Å². The minimum Gasteiger partial charge on any atom is -0.298 e. The van der Waals surface area contributed by atoms with Crippen molar-refractivity contribution in [3.8, 4) is 0 Å². The number of hydrogen-bond acceptors (Lipinski definition) is 4. The molecule has 5 aromatic carbocycles. The second-order valence-electron chi connectivity index (χ2n) is 9.11. The molecular weight excluding hydrogens is 561 g/mol. The Kier molecular flexibility index (Phi) is 9.08. The van der Waals surface area contributed by atoms with Crippen molar-refractivity contribution in [1.82, 2.24) is 10.6 Å². The summed E-state index contributed by atoms with van der Waals surface area (Å²) in [7, 11) is 0. The summed E-state index contributed by atoms with van der Waals surface area (Å²) in [6.07, 6.45) is 0. The van der Waals surface area contributed by atoms with Crippen molar-refractivity contribution in [3.05, 3.63) is 157 Å². The number of carbonyl (C=O) groups is 2. The Morgan fingerprint density at radius 2 is 0.714 bits per heavy atom. The quantitative estimate of drug-likeness (QED) is 0.202. The molecule has 0 atom stereocenters. The standard InChI is InChI=1S/C34H26N4O2S2/c39-31(35-33(41)37(27-16-5-1-6-17-27)28-18-7-2-8-19-28)25-14-13-15-26(24-25)32(40)36-34(42)38(29-20-9-3-10-21-29)30-22-11-4-12-23-30/h1-24H,(H,35,39,41)(H,36,40,42). The molecule has 8 heteroatoms. The highest BCUT2D eigenvalue weighted by Crippen LogP contribution is 2.26. The molecule has 0 radical (unpaired) electrons. The number of hydrogen-bond donors (Lipinski definition) is 2. The van der Waals surface area contributed by atoms with Crippen LogP contribution in [-0.4, -0.2) is 22.0 Å². The molecule has 2 N–H and O–H groups in total. The molecule has 0 spiro atoms. The van der Waals surface area contributed by atoms with E-state index in [-0.39, 0.29) is 21.4 Å². The van der Waals surface area contributed by atoms with Crippen LogP contribution in [0.4, 0.5) is 22.7 Å². The lowest BCUT2D eigenvalue weighted by Gasteiger charge is -2.26. The van der Waals surface area contributed by atoms with Crippen LogP contribution in [0.2, 0.25) is 0 Å². The highest BCUT2D eigenvalue weighted by atomic mass is 32.1. The van der Waals surface area contributed by atoms with E-state index in [9.17, 15) is 9.59 Å². The predicted molar refractivity (Wildman–Crippen MR) is 177 cm³/mol. The summed E-state index contributed by atoms with van der Waals surface area (Å²) >= 11 is 11.3. The van der Waals surface area contributed by atoms with Gasteiger partial charge in [-0.25, -0.2) is 0 Å². The molecule has 0 fully saturated rings. The second-order valence-corrected chi connectivity index (χ2v) is 9.89. The van der Waals surface area contributed by atoms with Crippen molar-refractivity contribution in [3.63, 3.8) is 0 Å². The zero-order chi connectivity index (χ0) is 29.3. The van der Waals surface area contributed by atoms with Gasteiger partial charge in [0, 0.05) is 33.9 Å². The van der Waals surface area contributed by atoms with Crippen molar-refractivity contribution in [2.45, 2.75) is 0 Å². The van der Waals surface area contributed by atoms with Gasteiger partial charge >= 0.3 is 0 Å². The summed E-state index contributed by atoms with van der Waals surface area (Å²) in [4.78, 5) is 30.2. The summed E-state index contributed by atoms with van der Waals surface area (Å²) in [6, 6.07) is 44.6. The number of carbonyl (C=O) groups excluding carboxylic acids is 2. The minimum atomic E-state index is -0.440. The van der Waals surface area contributed by atoms with Gasteiger partial charge < -0.3 is 0 Å². The van der Waals surface area contributed by atoms with Crippen LogP contribution in [0.1, 0.15) is 20.7 Å². The Morgan fingerprint density at radius 3 is 1.00 bits per heavy atom. The monoisotopic (exact) mass is 586 g/mol. The van der Waals surface area contributed by atoms with Crippen LogP contribution in [0.15, 0.2) is 146 Å². The number of rotatable bonds is 6. The fraction of sp³-hybridized carbons (Fsp3) is 0. The lowest BCUT2D eigenvalue weighted by Crippen LogP contribution is -2.41. The Labute approximate surface area is 255 Å². The molecule has 0 aliphatic carbocycles. The molecule has 0 unspecified atom stereocenters. The molecule has 0 aromatic heterocycles. The van der Waals surface area contributed by atoms with Gasteiger partial charge in [0.15, 0.2) is 10.2 Å². The van der Waals surface area contributed by atoms with Crippen molar-refractivity contribution >= 4 is 69.2 Å². The Bertz CT molecular complexity index is 1500. The normalized spacial score (nSPS) is 10.3. The van der Waals surface area contributed by atoms with E-state index in [4.69, 9.17) is 24.4 Å². The van der Waals surface area contributed by atoms with Crippen molar-refractivity contribution in [1.29, 1.82) is 0 Å². The molecule has 0 saturated carbocycles. The average Bonchev–Trinajstić information content (AvgIpc) is 3.03. The van der Waals surface area contributed by atoms with Crippen LogP contribution in [0.5, 0.6) is 0 Å². The summed E-state index contributed by atoms with van der Waals surface area (Å²) < 4.78 is 0. The van der Waals surface area contributed by atoms with Crippen LogP contribution in [0.3, 0.4) is 0 Å². The summed E-state index contributed by atoms with van der Waals surface area (Å²) in [5.74, 6) is -0.881. The molecule has 0 aliphatic rings. The van der Waals surface area contributed by atoms with Gasteiger partial charge in [-0.05, 0) is 91.2 Å². The molecule has 206 valence electrons. The highest BCUT2D eigenvalue weighted by molar-refractivity contribution is 7.80. The third-order valence-electron chi connectivity index (χ3n) is 6.29. The SMILES string of the molecule is O=C(NC(=S)N(c1ccccc1)c1ccccc1)c1cccc(C(=O)NC(=S)N(c2ccccc2)c2ccccc2)c1. The van der Waals surface area contributed by atoms with Gasteiger partial charge in [-0.3, -0.25) is 30.0 Å². The fourth-order valence-corrected chi connectivity index (χ4v) is 4.93. The molecule has 5 rings (SSSR count). The topological polar surface area (TPSA) is 64.7 Å². The predicted octanol–water partition coefficient (Wildman–Crippen LogP) is 7.39. The summed E-state index contributed by atoms with van der Waals surface area (Å²) in [5, 5.41) is 6.04. The van der Waals surface area contributed by atoms with E-state index in [1.165, 1.54) is 6.07 Å². The summed E-state index contributed by atoms with van der Waals surface area (Å²) in [5.41, 5.74) is 3.77. The number of thiocarbonyl (C=S) groups is 2. The molecule has 2 amide bonds. The molecule has 6 nitrogen and oxygen atoms in total. The number of anilines is 4. The van der Waals surface area contributed by atoms with Crippen LogP contribution in [0, 0.1) is 0 Å². The van der Waals surface area contributed by atoms with Crippen molar-refractivity contribution < 1.29 is 9.59 Å². The van der Waals surface area contributed by atoms with Crippen LogP contribution in [-0.2, 0) is 0 Å². The maximum atomic E-state index is 13.3. The van der Waals surface area contributed by atoms with Gasteiger partial charge in [-0.2, -0.15) is 0 Å². The number of amides is 2. The number of nitrogens with one attached hydrogen (secondary N) is 2. The van der Waals surface area contributed by atoms with E-state index in [0.29, 0.717) is 0 Å². The van der Waals surface area contributed by atoms with E-state index in [0.717, 1.165) is 22.7 Å². The number of nitrogens with zero attached hydrogens (tertiary/aromatic N) is 2. The average molecular weight is 587 g/mol. The minimum absolute atomic E-state index is 0.204. The largest absolute Gasteiger partial charge is 0.298 e. The van der Waals surface area contributed by atoms with Gasteiger partial charge in [0.05, 0.1) is 0 Å². The van der Waals surface area contributed by atoms with E-state index >= 15 is 0 Å².